The first-order valence-corrected chi connectivity index (χ1v) is 11.3. The van der Waals surface area contributed by atoms with Gasteiger partial charge >= 0.3 is 5.97 Å². The highest BCUT2D eigenvalue weighted by molar-refractivity contribution is 6.32. The summed E-state index contributed by atoms with van der Waals surface area (Å²) in [5, 5.41) is 13.5. The highest BCUT2D eigenvalue weighted by Crippen LogP contribution is 2.47. The molecule has 1 heterocycles. The highest BCUT2D eigenvalue weighted by atomic mass is 35.5. The summed E-state index contributed by atoms with van der Waals surface area (Å²) < 4.78 is 10.9. The number of esters is 1. The highest BCUT2D eigenvalue weighted by Gasteiger charge is 2.44. The lowest BCUT2D eigenvalue weighted by Gasteiger charge is -2.38. The van der Waals surface area contributed by atoms with Gasteiger partial charge in [-0.25, -0.2) is 0 Å². The molecule has 0 spiro atoms. The van der Waals surface area contributed by atoms with Crippen molar-refractivity contribution in [2.24, 2.45) is 5.92 Å². The van der Waals surface area contributed by atoms with E-state index in [4.69, 9.17) is 21.1 Å². The third kappa shape index (κ3) is 4.62. The van der Waals surface area contributed by atoms with Gasteiger partial charge in [0, 0.05) is 35.7 Å². The van der Waals surface area contributed by atoms with E-state index in [2.05, 4.69) is 11.9 Å². The Balaban J connectivity index is 1.69. The molecule has 0 saturated carbocycles. The zero-order chi connectivity index (χ0) is 23.5. The van der Waals surface area contributed by atoms with Gasteiger partial charge in [-0.1, -0.05) is 48.5 Å². The van der Waals surface area contributed by atoms with Crippen molar-refractivity contribution >= 4 is 23.4 Å². The number of rotatable bonds is 6. The molecule has 1 aliphatic heterocycles. The van der Waals surface area contributed by atoms with E-state index >= 15 is 0 Å². The number of Topliss-reactive ketones (excluding diaryl/α,β-unsaturated/α-hetero) is 1. The molecule has 0 aromatic heterocycles. The van der Waals surface area contributed by atoms with E-state index in [0.717, 1.165) is 17.7 Å². The van der Waals surface area contributed by atoms with Gasteiger partial charge in [-0.2, -0.15) is 0 Å². The number of carbonyl (C=O) groups excluding carboxylic acids is 2. The van der Waals surface area contributed by atoms with E-state index < -0.39 is 17.8 Å². The fraction of sp³-hybridized carbons (Fsp3) is 0.308. The fourth-order valence-electron chi connectivity index (χ4n) is 4.56. The van der Waals surface area contributed by atoms with Crippen LogP contribution >= 0.6 is 11.6 Å². The van der Waals surface area contributed by atoms with Crippen LogP contribution in [0.5, 0.6) is 11.5 Å². The maximum atomic E-state index is 13.3. The number of hydrogen-bond acceptors (Lipinski definition) is 6. The van der Waals surface area contributed by atoms with Crippen LogP contribution in [-0.2, 0) is 20.7 Å². The van der Waals surface area contributed by atoms with E-state index in [1.54, 1.807) is 12.1 Å². The fourth-order valence-corrected chi connectivity index (χ4v) is 4.78. The molecule has 0 saturated heterocycles. The summed E-state index contributed by atoms with van der Waals surface area (Å²) in [6.07, 6.45) is 2.41. The molecule has 7 heteroatoms. The molecule has 0 amide bonds. The van der Waals surface area contributed by atoms with Crippen LogP contribution in [0.3, 0.4) is 0 Å². The summed E-state index contributed by atoms with van der Waals surface area (Å²) in [5.41, 5.74) is 3.44. The molecule has 4 rings (SSSR count). The first-order valence-electron chi connectivity index (χ1n) is 10.9. The van der Waals surface area contributed by atoms with Crippen LogP contribution in [0, 0.1) is 5.92 Å². The molecular weight excluding hydrogens is 442 g/mol. The number of carbonyl (C=O) groups is 2. The smallest absolute Gasteiger partial charge is 0.315 e. The number of phenols is 1. The van der Waals surface area contributed by atoms with Gasteiger partial charge in [0.2, 0.25) is 0 Å². The van der Waals surface area contributed by atoms with Crippen molar-refractivity contribution in [2.45, 2.75) is 31.6 Å². The van der Waals surface area contributed by atoms with Gasteiger partial charge in [-0.3, -0.25) is 9.59 Å². The van der Waals surface area contributed by atoms with Gasteiger partial charge in [0.15, 0.2) is 17.3 Å². The van der Waals surface area contributed by atoms with Gasteiger partial charge in [-0.15, -0.1) is 0 Å². The number of benzene rings is 2. The predicted molar refractivity (Wildman–Crippen MR) is 125 cm³/mol. The van der Waals surface area contributed by atoms with E-state index in [1.165, 1.54) is 7.11 Å². The van der Waals surface area contributed by atoms with Crippen molar-refractivity contribution in [3.63, 3.8) is 0 Å². The first-order chi connectivity index (χ1) is 15.9. The molecule has 2 aliphatic rings. The number of nitrogens with one attached hydrogen (secondary N) is 1. The molecule has 1 aliphatic carbocycles. The minimum absolute atomic E-state index is 0.0218. The summed E-state index contributed by atoms with van der Waals surface area (Å²) in [4.78, 5) is 26.3. The molecule has 2 unspecified atom stereocenters. The predicted octanol–water partition coefficient (Wildman–Crippen LogP) is 4.66. The Morgan fingerprint density at radius 3 is 2.73 bits per heavy atom. The minimum atomic E-state index is -0.827. The average molecular weight is 468 g/mol. The van der Waals surface area contributed by atoms with Crippen LogP contribution in [0.1, 0.15) is 36.3 Å². The van der Waals surface area contributed by atoms with Gasteiger partial charge in [-0.05, 0) is 36.1 Å². The third-order valence-corrected chi connectivity index (χ3v) is 6.44. The number of hydrogen-bond donors (Lipinski definition) is 2. The summed E-state index contributed by atoms with van der Waals surface area (Å²) in [7, 11) is 1.42. The van der Waals surface area contributed by atoms with E-state index in [-0.39, 0.29) is 28.9 Å². The largest absolute Gasteiger partial charge is 0.503 e. The number of halogens is 1. The molecule has 33 heavy (non-hydrogen) atoms. The van der Waals surface area contributed by atoms with Crippen molar-refractivity contribution in [2.75, 3.05) is 13.7 Å². The van der Waals surface area contributed by atoms with Gasteiger partial charge in [0.1, 0.15) is 5.92 Å². The number of ketones is 1. The lowest BCUT2D eigenvalue weighted by atomic mass is 9.71. The number of aromatic hydroxyl groups is 1. The standard InChI is InChI=1S/C26H26ClNO5/c1-15-22(26(31)33-12-11-16-7-4-3-5-8-16)23(24-19(28-15)9-6-10-20(24)29)17-13-18(27)25(30)21(14-17)32-2/h3-5,7-8,13-14,22-23,28,30H,1,6,9-12H2,2H3. The average Bonchev–Trinajstić information content (AvgIpc) is 2.80. The minimum Gasteiger partial charge on any atom is -0.503 e. The van der Waals surface area contributed by atoms with Crippen LogP contribution in [0.4, 0.5) is 0 Å². The SMILES string of the molecule is C=C1NC2=C(C(=O)CCC2)C(c2cc(Cl)c(O)c(OC)c2)C1C(=O)OCCc1ccccc1. The van der Waals surface area contributed by atoms with Crippen LogP contribution < -0.4 is 10.1 Å². The number of allylic oxidation sites excluding steroid dienone is 2. The maximum absolute atomic E-state index is 13.3. The number of ether oxygens (including phenoxy) is 2. The second-order valence-corrected chi connectivity index (χ2v) is 8.64. The second kappa shape index (κ2) is 9.71. The maximum Gasteiger partial charge on any atom is 0.315 e. The van der Waals surface area contributed by atoms with E-state index in [0.29, 0.717) is 36.1 Å². The van der Waals surface area contributed by atoms with E-state index in [9.17, 15) is 14.7 Å². The van der Waals surface area contributed by atoms with Crippen LogP contribution in [0.2, 0.25) is 5.02 Å². The summed E-state index contributed by atoms with van der Waals surface area (Å²) >= 11 is 6.26. The quantitative estimate of drug-likeness (QED) is 0.601. The third-order valence-electron chi connectivity index (χ3n) is 6.15. The van der Waals surface area contributed by atoms with Crippen LogP contribution in [0.15, 0.2) is 66.0 Å². The molecule has 2 aromatic carbocycles. The molecule has 2 N–H and O–H groups in total. The molecule has 0 radical (unpaired) electrons. The topological polar surface area (TPSA) is 84.9 Å². The van der Waals surface area contributed by atoms with Gasteiger partial charge < -0.3 is 19.9 Å². The van der Waals surface area contributed by atoms with Crippen molar-refractivity contribution in [3.05, 3.63) is 82.2 Å². The Kier molecular flexibility index (Phi) is 6.75. The Morgan fingerprint density at radius 1 is 1.24 bits per heavy atom. The van der Waals surface area contributed by atoms with Crippen LogP contribution in [0.25, 0.3) is 0 Å². The van der Waals surface area contributed by atoms with Crippen molar-refractivity contribution < 1.29 is 24.2 Å². The van der Waals surface area contributed by atoms with Crippen molar-refractivity contribution in [1.29, 1.82) is 0 Å². The normalized spacial score (nSPS) is 20.2. The molecule has 0 fully saturated rings. The Labute approximate surface area is 197 Å². The Bertz CT molecular complexity index is 1130. The Morgan fingerprint density at radius 2 is 2.00 bits per heavy atom. The summed E-state index contributed by atoms with van der Waals surface area (Å²) in [6.45, 7) is 4.29. The van der Waals surface area contributed by atoms with E-state index in [1.807, 2.05) is 30.3 Å². The first kappa shape index (κ1) is 22.9. The summed E-state index contributed by atoms with van der Waals surface area (Å²) in [6, 6.07) is 12.9. The van der Waals surface area contributed by atoms with Crippen molar-refractivity contribution in [3.8, 4) is 11.5 Å². The second-order valence-electron chi connectivity index (χ2n) is 8.23. The van der Waals surface area contributed by atoms with Gasteiger partial charge in [0.05, 0.1) is 18.7 Å². The number of phenolic OH excluding ortho intramolecular Hbond substituents is 1. The lowest BCUT2D eigenvalue weighted by molar-refractivity contribution is -0.147. The van der Waals surface area contributed by atoms with Gasteiger partial charge in [0.25, 0.3) is 0 Å². The molecule has 0 bridgehead atoms. The van der Waals surface area contributed by atoms with Crippen LogP contribution in [-0.4, -0.2) is 30.6 Å². The monoisotopic (exact) mass is 467 g/mol. The Hall–Kier alpha value is -3.25. The molecule has 2 atom stereocenters. The number of methoxy groups -OCH3 is 1. The molecule has 6 nitrogen and oxygen atoms in total. The molecular formula is C26H26ClNO5. The molecule has 2 aromatic rings. The zero-order valence-electron chi connectivity index (χ0n) is 18.4. The van der Waals surface area contributed by atoms with Crippen molar-refractivity contribution in [1.82, 2.24) is 5.32 Å². The summed E-state index contributed by atoms with van der Waals surface area (Å²) in [5.74, 6) is -1.98. The molecule has 172 valence electrons. The lowest BCUT2D eigenvalue weighted by Crippen LogP contribution is -2.41. The zero-order valence-corrected chi connectivity index (χ0v) is 19.2.